The Balaban J connectivity index is 2.36. The number of carboxylic acids is 1. The van der Waals surface area contributed by atoms with E-state index in [-0.39, 0.29) is 5.60 Å². The third-order valence-corrected chi connectivity index (χ3v) is 3.75. The van der Waals surface area contributed by atoms with Gasteiger partial charge in [-0.3, -0.25) is 0 Å². The molecule has 1 fully saturated rings. The van der Waals surface area contributed by atoms with Crippen LogP contribution in [-0.4, -0.2) is 27.9 Å². The van der Waals surface area contributed by atoms with Crippen LogP contribution in [0.5, 0.6) is 0 Å². The Morgan fingerprint density at radius 1 is 1.50 bits per heavy atom. The summed E-state index contributed by atoms with van der Waals surface area (Å²) in [5.74, 6) is -0.847. The summed E-state index contributed by atoms with van der Waals surface area (Å²) in [7, 11) is 0. The number of hydrogen-bond donors (Lipinski definition) is 1. The van der Waals surface area contributed by atoms with Crippen LogP contribution in [0.1, 0.15) is 54.5 Å². The van der Waals surface area contributed by atoms with Crippen LogP contribution >= 0.6 is 0 Å². The molecule has 0 amide bonds. The standard InChI is InChI=1S/C14H21NO3/c1-9-7-12(13(16)17)10(2)15(9)11-5-6-18-14(3,4)8-11/h7,11H,5-6,8H2,1-4H3,(H,16,17). The zero-order valence-electron chi connectivity index (χ0n) is 11.5. The number of carboxylic acid groups (broad SMARTS) is 1. The lowest BCUT2D eigenvalue weighted by atomic mass is 9.93. The molecule has 1 N–H and O–H groups in total. The molecule has 1 unspecified atom stereocenters. The fraction of sp³-hybridized carbons (Fsp3) is 0.643. The highest BCUT2D eigenvalue weighted by Gasteiger charge is 2.31. The Morgan fingerprint density at radius 3 is 2.67 bits per heavy atom. The lowest BCUT2D eigenvalue weighted by Crippen LogP contribution is -2.35. The summed E-state index contributed by atoms with van der Waals surface area (Å²) in [6, 6.07) is 2.10. The lowest BCUT2D eigenvalue weighted by molar-refractivity contribution is -0.0694. The van der Waals surface area contributed by atoms with E-state index >= 15 is 0 Å². The van der Waals surface area contributed by atoms with E-state index in [0.717, 1.165) is 30.8 Å². The first-order chi connectivity index (χ1) is 8.32. The largest absolute Gasteiger partial charge is 0.478 e. The van der Waals surface area contributed by atoms with Crippen LogP contribution in [0.2, 0.25) is 0 Å². The van der Waals surface area contributed by atoms with Gasteiger partial charge in [0.05, 0.1) is 11.2 Å². The minimum absolute atomic E-state index is 0.130. The molecule has 4 heteroatoms. The minimum Gasteiger partial charge on any atom is -0.478 e. The van der Waals surface area contributed by atoms with Crippen molar-refractivity contribution in [2.45, 2.75) is 52.2 Å². The quantitative estimate of drug-likeness (QED) is 0.879. The summed E-state index contributed by atoms with van der Waals surface area (Å²) in [4.78, 5) is 11.2. The van der Waals surface area contributed by atoms with Gasteiger partial charge < -0.3 is 14.4 Å². The van der Waals surface area contributed by atoms with E-state index in [4.69, 9.17) is 9.84 Å². The maximum Gasteiger partial charge on any atom is 0.337 e. The van der Waals surface area contributed by atoms with Crippen LogP contribution in [0.15, 0.2) is 6.07 Å². The van der Waals surface area contributed by atoms with Crippen molar-refractivity contribution in [1.29, 1.82) is 0 Å². The maximum absolute atomic E-state index is 11.2. The van der Waals surface area contributed by atoms with Gasteiger partial charge in [-0.1, -0.05) is 0 Å². The third kappa shape index (κ3) is 2.29. The van der Waals surface area contributed by atoms with Crippen LogP contribution in [0.3, 0.4) is 0 Å². The number of nitrogens with zero attached hydrogens (tertiary/aromatic N) is 1. The molecule has 0 radical (unpaired) electrons. The Hall–Kier alpha value is -1.29. The van der Waals surface area contributed by atoms with Gasteiger partial charge in [0.15, 0.2) is 0 Å². The predicted molar refractivity (Wildman–Crippen MR) is 69.2 cm³/mol. The number of hydrogen-bond acceptors (Lipinski definition) is 2. The smallest absolute Gasteiger partial charge is 0.337 e. The highest BCUT2D eigenvalue weighted by molar-refractivity contribution is 5.89. The summed E-state index contributed by atoms with van der Waals surface area (Å²) in [5, 5.41) is 9.17. The predicted octanol–water partition coefficient (Wildman–Crippen LogP) is 2.93. The summed E-state index contributed by atoms with van der Waals surface area (Å²) < 4.78 is 7.88. The van der Waals surface area contributed by atoms with Gasteiger partial charge >= 0.3 is 5.97 Å². The van der Waals surface area contributed by atoms with E-state index < -0.39 is 5.97 Å². The zero-order valence-corrected chi connectivity index (χ0v) is 11.5. The number of aromatic carboxylic acids is 1. The Bertz CT molecular complexity index is 474. The van der Waals surface area contributed by atoms with Crippen molar-refractivity contribution in [3.63, 3.8) is 0 Å². The highest BCUT2D eigenvalue weighted by atomic mass is 16.5. The summed E-state index contributed by atoms with van der Waals surface area (Å²) in [6.07, 6.45) is 1.86. The van der Waals surface area contributed by atoms with Crippen LogP contribution in [0.4, 0.5) is 0 Å². The van der Waals surface area contributed by atoms with E-state index in [2.05, 4.69) is 18.4 Å². The van der Waals surface area contributed by atoms with Crippen molar-refractivity contribution < 1.29 is 14.6 Å². The van der Waals surface area contributed by atoms with Gasteiger partial charge in [-0.2, -0.15) is 0 Å². The summed E-state index contributed by atoms with van der Waals surface area (Å²) in [5.41, 5.74) is 2.15. The van der Waals surface area contributed by atoms with Gasteiger partial charge in [-0.05, 0) is 46.6 Å². The summed E-state index contributed by atoms with van der Waals surface area (Å²) >= 11 is 0. The fourth-order valence-electron chi connectivity index (χ4n) is 2.98. The normalized spacial score (nSPS) is 23.0. The van der Waals surface area contributed by atoms with Crippen LogP contribution in [0, 0.1) is 13.8 Å². The number of ether oxygens (including phenoxy) is 1. The second-order valence-corrected chi connectivity index (χ2v) is 5.71. The van der Waals surface area contributed by atoms with Gasteiger partial charge in [0.1, 0.15) is 0 Å². The molecule has 18 heavy (non-hydrogen) atoms. The molecular formula is C14H21NO3. The monoisotopic (exact) mass is 251 g/mol. The third-order valence-electron chi connectivity index (χ3n) is 3.75. The molecule has 1 aliphatic rings. The molecule has 0 bridgehead atoms. The van der Waals surface area contributed by atoms with E-state index in [1.807, 2.05) is 13.8 Å². The molecule has 1 saturated heterocycles. The maximum atomic E-state index is 11.2. The molecule has 1 aromatic heterocycles. The van der Waals surface area contributed by atoms with Gasteiger partial charge in [0, 0.05) is 24.0 Å². The molecule has 1 atom stereocenters. The second-order valence-electron chi connectivity index (χ2n) is 5.71. The molecule has 1 aromatic rings. The molecule has 1 aliphatic heterocycles. The Kier molecular flexibility index (Phi) is 3.23. The Labute approximate surface area is 108 Å². The van der Waals surface area contributed by atoms with Crippen LogP contribution < -0.4 is 0 Å². The number of carbonyl (C=O) groups is 1. The molecule has 2 heterocycles. The van der Waals surface area contributed by atoms with Crippen LogP contribution in [-0.2, 0) is 4.74 Å². The average Bonchev–Trinajstić information content (AvgIpc) is 2.53. The van der Waals surface area contributed by atoms with E-state index in [0.29, 0.717) is 11.6 Å². The van der Waals surface area contributed by atoms with Crippen molar-refractivity contribution >= 4 is 5.97 Å². The molecule has 4 nitrogen and oxygen atoms in total. The van der Waals surface area contributed by atoms with Gasteiger partial charge in [-0.25, -0.2) is 4.79 Å². The second kappa shape index (κ2) is 4.43. The molecule has 2 rings (SSSR count). The minimum atomic E-state index is -0.847. The van der Waals surface area contributed by atoms with Gasteiger partial charge in [0.2, 0.25) is 0 Å². The first kappa shape index (κ1) is 13.1. The molecule has 0 saturated carbocycles. The van der Waals surface area contributed by atoms with Gasteiger partial charge in [0.25, 0.3) is 0 Å². The summed E-state index contributed by atoms with van der Waals surface area (Å²) in [6.45, 7) is 8.77. The van der Waals surface area contributed by atoms with E-state index in [1.165, 1.54) is 0 Å². The van der Waals surface area contributed by atoms with Crippen molar-refractivity contribution in [3.05, 3.63) is 23.0 Å². The highest BCUT2D eigenvalue weighted by Crippen LogP contribution is 2.34. The van der Waals surface area contributed by atoms with Crippen molar-refractivity contribution in [2.75, 3.05) is 6.61 Å². The molecule has 100 valence electrons. The number of aryl methyl sites for hydroxylation is 1. The first-order valence-electron chi connectivity index (χ1n) is 6.37. The molecule has 0 spiro atoms. The Morgan fingerprint density at radius 2 is 2.17 bits per heavy atom. The van der Waals surface area contributed by atoms with Crippen molar-refractivity contribution in [1.82, 2.24) is 4.57 Å². The SMILES string of the molecule is Cc1cc(C(=O)O)c(C)n1C1CCOC(C)(C)C1. The number of rotatable bonds is 2. The fourth-order valence-corrected chi connectivity index (χ4v) is 2.98. The molecule has 0 aliphatic carbocycles. The van der Waals surface area contributed by atoms with Gasteiger partial charge in [-0.15, -0.1) is 0 Å². The van der Waals surface area contributed by atoms with E-state index in [1.54, 1.807) is 6.07 Å². The number of aromatic nitrogens is 1. The lowest BCUT2D eigenvalue weighted by Gasteiger charge is -2.37. The first-order valence-corrected chi connectivity index (χ1v) is 6.37. The molecular weight excluding hydrogens is 230 g/mol. The topological polar surface area (TPSA) is 51.5 Å². The van der Waals surface area contributed by atoms with Crippen molar-refractivity contribution in [2.24, 2.45) is 0 Å². The zero-order chi connectivity index (χ0) is 13.5. The molecule has 0 aromatic carbocycles. The van der Waals surface area contributed by atoms with Crippen molar-refractivity contribution in [3.8, 4) is 0 Å². The van der Waals surface area contributed by atoms with E-state index in [9.17, 15) is 4.79 Å². The average molecular weight is 251 g/mol. The van der Waals surface area contributed by atoms with Crippen LogP contribution in [0.25, 0.3) is 0 Å².